The van der Waals surface area contributed by atoms with Crippen molar-refractivity contribution in [2.24, 2.45) is 0 Å². The van der Waals surface area contributed by atoms with Crippen LogP contribution in [0.4, 0.5) is 4.39 Å². The molecule has 0 aliphatic heterocycles. The third-order valence-corrected chi connectivity index (χ3v) is 4.99. The highest BCUT2D eigenvalue weighted by Crippen LogP contribution is 2.31. The molecule has 3 aromatic heterocycles. The molecule has 90 valence electrons. The molecule has 3 aromatic rings. The van der Waals surface area contributed by atoms with Crippen LogP contribution in [-0.4, -0.2) is 4.98 Å². The topological polar surface area (TPSA) is 12.9 Å². The second-order valence-electron chi connectivity index (χ2n) is 3.52. The molecule has 0 atom stereocenters. The van der Waals surface area contributed by atoms with E-state index < -0.39 is 0 Å². The molecular formula is C13H8FNS3. The van der Waals surface area contributed by atoms with Gasteiger partial charge in [0.1, 0.15) is 10.7 Å². The Labute approximate surface area is 116 Å². The fourth-order valence-electron chi connectivity index (χ4n) is 1.47. The molecule has 0 aromatic carbocycles. The van der Waals surface area contributed by atoms with Crippen molar-refractivity contribution in [3.63, 3.8) is 0 Å². The van der Waals surface area contributed by atoms with Crippen molar-refractivity contribution in [3.05, 3.63) is 51.0 Å². The third kappa shape index (κ3) is 2.43. The summed E-state index contributed by atoms with van der Waals surface area (Å²) in [5.41, 5.74) is 0.414. The minimum absolute atomic E-state index is 0.281. The van der Waals surface area contributed by atoms with Gasteiger partial charge in [-0.25, -0.2) is 9.37 Å². The van der Waals surface area contributed by atoms with Crippen LogP contribution in [-0.2, 0) is 0 Å². The van der Waals surface area contributed by atoms with Crippen LogP contribution in [0.15, 0.2) is 40.4 Å². The second kappa shape index (κ2) is 5.14. The van der Waals surface area contributed by atoms with Gasteiger partial charge >= 0.3 is 0 Å². The molecule has 0 aliphatic carbocycles. The van der Waals surface area contributed by atoms with Gasteiger partial charge in [-0.15, -0.1) is 34.0 Å². The molecule has 0 spiro atoms. The summed E-state index contributed by atoms with van der Waals surface area (Å²) in [7, 11) is 0. The molecule has 5 heteroatoms. The van der Waals surface area contributed by atoms with Gasteiger partial charge < -0.3 is 0 Å². The van der Waals surface area contributed by atoms with Gasteiger partial charge in [0.2, 0.25) is 0 Å². The Hall–Kier alpha value is -1.30. The number of aromatic nitrogens is 1. The van der Waals surface area contributed by atoms with E-state index >= 15 is 0 Å². The van der Waals surface area contributed by atoms with Crippen LogP contribution in [0.25, 0.3) is 21.8 Å². The van der Waals surface area contributed by atoms with E-state index in [2.05, 4.69) is 4.98 Å². The minimum Gasteiger partial charge on any atom is -0.233 e. The second-order valence-corrected chi connectivity index (χ2v) is 6.31. The van der Waals surface area contributed by atoms with Crippen LogP contribution in [0.1, 0.15) is 10.6 Å². The maximum absolute atomic E-state index is 14.0. The molecule has 0 radical (unpaired) electrons. The first-order valence-electron chi connectivity index (χ1n) is 5.23. The van der Waals surface area contributed by atoms with Crippen LogP contribution < -0.4 is 0 Å². The van der Waals surface area contributed by atoms with Gasteiger partial charge in [0.25, 0.3) is 0 Å². The number of hydrogen-bond donors (Lipinski definition) is 0. The first-order valence-corrected chi connectivity index (χ1v) is 7.87. The van der Waals surface area contributed by atoms with Gasteiger partial charge in [-0.3, -0.25) is 0 Å². The van der Waals surface area contributed by atoms with E-state index in [4.69, 9.17) is 0 Å². The minimum atomic E-state index is -0.281. The van der Waals surface area contributed by atoms with Crippen LogP contribution >= 0.6 is 34.0 Å². The van der Waals surface area contributed by atoms with E-state index in [9.17, 15) is 4.39 Å². The first-order chi connectivity index (χ1) is 8.83. The number of nitrogens with zero attached hydrogens (tertiary/aromatic N) is 1. The monoisotopic (exact) mass is 293 g/mol. The number of halogens is 1. The molecule has 0 N–H and O–H groups in total. The number of hydrogen-bond acceptors (Lipinski definition) is 4. The lowest BCUT2D eigenvalue weighted by Gasteiger charge is -1.90. The quantitative estimate of drug-likeness (QED) is 0.630. The van der Waals surface area contributed by atoms with Gasteiger partial charge in [0, 0.05) is 10.3 Å². The Morgan fingerprint density at radius 3 is 2.67 bits per heavy atom. The zero-order valence-corrected chi connectivity index (χ0v) is 11.6. The van der Waals surface area contributed by atoms with Crippen LogP contribution in [0.5, 0.6) is 0 Å². The average molecular weight is 293 g/mol. The Morgan fingerprint density at radius 1 is 1.11 bits per heavy atom. The van der Waals surface area contributed by atoms with Crippen molar-refractivity contribution in [1.82, 2.24) is 4.98 Å². The van der Waals surface area contributed by atoms with Crippen molar-refractivity contribution >= 4 is 45.9 Å². The van der Waals surface area contributed by atoms with Crippen molar-refractivity contribution in [2.75, 3.05) is 0 Å². The lowest BCUT2D eigenvalue weighted by molar-refractivity contribution is 0.760. The zero-order valence-electron chi connectivity index (χ0n) is 9.17. The molecule has 3 rings (SSSR count). The molecule has 0 fully saturated rings. The highest BCUT2D eigenvalue weighted by molar-refractivity contribution is 7.20. The molecular weight excluding hydrogens is 285 g/mol. The van der Waals surface area contributed by atoms with E-state index in [0.717, 1.165) is 14.8 Å². The fourth-order valence-corrected chi connectivity index (χ4v) is 3.73. The van der Waals surface area contributed by atoms with E-state index in [1.54, 1.807) is 16.7 Å². The Kier molecular flexibility index (Phi) is 3.36. The lowest BCUT2D eigenvalue weighted by atomic mass is 10.3. The Morgan fingerprint density at radius 2 is 1.94 bits per heavy atom. The van der Waals surface area contributed by atoms with Crippen LogP contribution in [0.3, 0.4) is 0 Å². The summed E-state index contributed by atoms with van der Waals surface area (Å²) in [6, 6.07) is 7.76. The Balaban J connectivity index is 1.90. The average Bonchev–Trinajstić information content (AvgIpc) is 3.11. The third-order valence-electron chi connectivity index (χ3n) is 2.29. The SMILES string of the molecule is F/C(=C/c1cccs1)c1csc(-c2cccs2)n1. The predicted octanol–water partition coefficient (Wildman–Crippen LogP) is 5.40. The molecule has 0 saturated carbocycles. The molecule has 0 saturated heterocycles. The van der Waals surface area contributed by atoms with Gasteiger partial charge in [0.05, 0.1) is 4.88 Å². The van der Waals surface area contributed by atoms with E-state index in [1.807, 2.05) is 35.0 Å². The predicted molar refractivity (Wildman–Crippen MR) is 78.7 cm³/mol. The van der Waals surface area contributed by atoms with Crippen LogP contribution in [0, 0.1) is 0 Å². The summed E-state index contributed by atoms with van der Waals surface area (Å²) in [6.45, 7) is 0. The summed E-state index contributed by atoms with van der Waals surface area (Å²) in [4.78, 5) is 6.30. The van der Waals surface area contributed by atoms with Gasteiger partial charge in [-0.2, -0.15) is 0 Å². The molecule has 3 heterocycles. The summed E-state index contributed by atoms with van der Waals surface area (Å²) in [5, 5.41) is 6.55. The molecule has 0 amide bonds. The molecule has 18 heavy (non-hydrogen) atoms. The highest BCUT2D eigenvalue weighted by atomic mass is 32.1. The molecule has 0 aliphatic rings. The van der Waals surface area contributed by atoms with E-state index in [0.29, 0.717) is 5.69 Å². The summed E-state index contributed by atoms with van der Waals surface area (Å²) >= 11 is 4.60. The number of thiazole rings is 1. The normalized spacial score (nSPS) is 11.9. The highest BCUT2D eigenvalue weighted by Gasteiger charge is 2.09. The van der Waals surface area contributed by atoms with Crippen LogP contribution in [0.2, 0.25) is 0 Å². The van der Waals surface area contributed by atoms with Gasteiger partial charge in [-0.1, -0.05) is 12.1 Å². The molecule has 0 unspecified atom stereocenters. The zero-order chi connectivity index (χ0) is 12.4. The number of thiophene rings is 2. The molecule has 1 nitrogen and oxygen atoms in total. The smallest absolute Gasteiger partial charge is 0.151 e. The van der Waals surface area contributed by atoms with Crippen molar-refractivity contribution in [2.45, 2.75) is 0 Å². The molecule has 0 bridgehead atoms. The number of rotatable bonds is 3. The summed E-state index contributed by atoms with van der Waals surface area (Å²) < 4.78 is 14.0. The largest absolute Gasteiger partial charge is 0.233 e. The van der Waals surface area contributed by atoms with E-state index in [1.165, 1.54) is 28.7 Å². The standard InChI is InChI=1S/C13H8FNS3/c14-10(7-9-3-1-5-16-9)11-8-18-13(15-11)12-4-2-6-17-12/h1-8H/b10-7+. The van der Waals surface area contributed by atoms with Gasteiger partial charge in [0.15, 0.2) is 5.83 Å². The fraction of sp³-hybridized carbons (Fsp3) is 0. The van der Waals surface area contributed by atoms with Crippen molar-refractivity contribution in [1.29, 1.82) is 0 Å². The van der Waals surface area contributed by atoms with Crippen molar-refractivity contribution in [3.8, 4) is 9.88 Å². The summed E-state index contributed by atoms with van der Waals surface area (Å²) in [6.07, 6.45) is 1.53. The van der Waals surface area contributed by atoms with Gasteiger partial charge in [-0.05, 0) is 29.0 Å². The van der Waals surface area contributed by atoms with E-state index in [-0.39, 0.29) is 5.83 Å². The Bertz CT molecular complexity index is 650. The maximum atomic E-state index is 14.0. The lowest BCUT2D eigenvalue weighted by Crippen LogP contribution is -1.78. The first kappa shape index (κ1) is 11.8. The van der Waals surface area contributed by atoms with Crippen molar-refractivity contribution < 1.29 is 4.39 Å². The summed E-state index contributed by atoms with van der Waals surface area (Å²) in [5.74, 6) is -0.281. The maximum Gasteiger partial charge on any atom is 0.151 e.